The fraction of sp³-hybridized carbons (Fsp3) is 0.133. The highest BCUT2D eigenvalue weighted by Crippen LogP contribution is 2.26. The van der Waals surface area contributed by atoms with E-state index in [1.807, 2.05) is 31.2 Å². The number of carbonyl (C=O) groups is 1. The summed E-state index contributed by atoms with van der Waals surface area (Å²) in [5, 5.41) is 12.6. The van der Waals surface area contributed by atoms with Gasteiger partial charge in [-0.05, 0) is 24.6 Å². The summed E-state index contributed by atoms with van der Waals surface area (Å²) in [6, 6.07) is 12.6. The van der Waals surface area contributed by atoms with Gasteiger partial charge in [-0.3, -0.25) is 4.79 Å². The van der Waals surface area contributed by atoms with Gasteiger partial charge in [0.25, 0.3) is 5.91 Å². The van der Waals surface area contributed by atoms with Crippen molar-refractivity contribution in [1.82, 2.24) is 5.32 Å². The third-order valence-corrected chi connectivity index (χ3v) is 3.11. The number of hydrogen-bond acceptors (Lipinski definition) is 2. The van der Waals surface area contributed by atoms with Crippen molar-refractivity contribution < 1.29 is 9.90 Å². The zero-order chi connectivity index (χ0) is 13.8. The lowest BCUT2D eigenvalue weighted by Gasteiger charge is -2.08. The summed E-state index contributed by atoms with van der Waals surface area (Å²) in [7, 11) is 0. The van der Waals surface area contributed by atoms with E-state index in [1.54, 1.807) is 6.07 Å². The highest BCUT2D eigenvalue weighted by atomic mass is 35.5. The Morgan fingerprint density at radius 2 is 1.89 bits per heavy atom. The standard InChI is InChI=1S/C15H14ClNO2/c1-10-5-7-11(8-6-10)9-17-15(19)12-3-2-4-13(16)14(12)18/h2-8,18H,9H2,1H3,(H,17,19). The molecule has 98 valence electrons. The highest BCUT2D eigenvalue weighted by Gasteiger charge is 2.12. The van der Waals surface area contributed by atoms with Crippen molar-refractivity contribution >= 4 is 17.5 Å². The minimum Gasteiger partial charge on any atom is -0.506 e. The Labute approximate surface area is 116 Å². The molecular weight excluding hydrogens is 262 g/mol. The zero-order valence-electron chi connectivity index (χ0n) is 10.5. The minimum absolute atomic E-state index is 0.169. The number of nitrogens with one attached hydrogen (secondary N) is 1. The molecule has 0 atom stereocenters. The number of hydrogen-bond donors (Lipinski definition) is 2. The highest BCUT2D eigenvalue weighted by molar-refractivity contribution is 6.32. The molecule has 0 unspecified atom stereocenters. The molecule has 0 aliphatic heterocycles. The van der Waals surface area contributed by atoms with Crippen LogP contribution in [0.3, 0.4) is 0 Å². The van der Waals surface area contributed by atoms with E-state index in [-0.39, 0.29) is 22.2 Å². The van der Waals surface area contributed by atoms with Gasteiger partial charge in [-0.1, -0.05) is 47.5 Å². The number of carbonyl (C=O) groups excluding carboxylic acids is 1. The van der Waals surface area contributed by atoms with E-state index in [0.29, 0.717) is 6.54 Å². The SMILES string of the molecule is Cc1ccc(CNC(=O)c2cccc(Cl)c2O)cc1. The Balaban J connectivity index is 2.05. The van der Waals surface area contributed by atoms with Crippen LogP contribution >= 0.6 is 11.6 Å². The van der Waals surface area contributed by atoms with Gasteiger partial charge in [0.05, 0.1) is 10.6 Å². The van der Waals surface area contributed by atoms with Crippen LogP contribution in [0, 0.1) is 6.92 Å². The van der Waals surface area contributed by atoms with Gasteiger partial charge in [-0.2, -0.15) is 0 Å². The van der Waals surface area contributed by atoms with E-state index in [4.69, 9.17) is 11.6 Å². The summed E-state index contributed by atoms with van der Waals surface area (Å²) in [6.07, 6.45) is 0. The molecule has 0 bridgehead atoms. The van der Waals surface area contributed by atoms with Crippen molar-refractivity contribution in [2.75, 3.05) is 0 Å². The molecule has 2 N–H and O–H groups in total. The van der Waals surface area contributed by atoms with Crippen molar-refractivity contribution in [2.24, 2.45) is 0 Å². The Hall–Kier alpha value is -2.00. The largest absolute Gasteiger partial charge is 0.506 e. The number of rotatable bonds is 3. The molecule has 1 amide bonds. The molecule has 0 radical (unpaired) electrons. The topological polar surface area (TPSA) is 49.3 Å². The number of aryl methyl sites for hydroxylation is 1. The van der Waals surface area contributed by atoms with Gasteiger partial charge >= 0.3 is 0 Å². The van der Waals surface area contributed by atoms with Crippen molar-refractivity contribution in [1.29, 1.82) is 0 Å². The van der Waals surface area contributed by atoms with Crippen LogP contribution in [0.5, 0.6) is 5.75 Å². The van der Waals surface area contributed by atoms with E-state index in [1.165, 1.54) is 17.7 Å². The van der Waals surface area contributed by atoms with Gasteiger partial charge in [0, 0.05) is 6.54 Å². The summed E-state index contributed by atoms with van der Waals surface area (Å²) in [6.45, 7) is 2.41. The van der Waals surface area contributed by atoms with Gasteiger partial charge in [-0.15, -0.1) is 0 Å². The molecular formula is C15H14ClNO2. The average Bonchev–Trinajstić information content (AvgIpc) is 2.41. The molecule has 0 saturated carbocycles. The molecule has 0 spiro atoms. The quantitative estimate of drug-likeness (QED) is 0.903. The Kier molecular flexibility index (Phi) is 4.07. The van der Waals surface area contributed by atoms with Crippen LogP contribution in [0.2, 0.25) is 5.02 Å². The molecule has 2 rings (SSSR count). The summed E-state index contributed by atoms with van der Waals surface area (Å²) in [5.41, 5.74) is 2.35. The molecule has 0 heterocycles. The van der Waals surface area contributed by atoms with E-state index in [0.717, 1.165) is 5.56 Å². The maximum absolute atomic E-state index is 11.9. The predicted molar refractivity (Wildman–Crippen MR) is 75.5 cm³/mol. The number of benzene rings is 2. The first-order valence-electron chi connectivity index (χ1n) is 5.89. The number of phenolic OH excluding ortho intramolecular Hbond substituents is 1. The van der Waals surface area contributed by atoms with Crippen molar-refractivity contribution in [3.8, 4) is 5.75 Å². The summed E-state index contributed by atoms with van der Waals surface area (Å²) in [5.74, 6) is -0.536. The normalized spacial score (nSPS) is 10.2. The smallest absolute Gasteiger partial charge is 0.255 e. The van der Waals surface area contributed by atoms with Crippen LogP contribution in [0.4, 0.5) is 0 Å². The molecule has 0 aliphatic rings. The third-order valence-electron chi connectivity index (χ3n) is 2.81. The predicted octanol–water partition coefficient (Wildman–Crippen LogP) is 3.28. The third kappa shape index (κ3) is 3.26. The number of phenols is 1. The van der Waals surface area contributed by atoms with Gasteiger partial charge in [-0.25, -0.2) is 0 Å². The molecule has 0 aromatic heterocycles. The molecule has 2 aromatic rings. The Bertz CT molecular complexity index is 594. The number of halogens is 1. The summed E-state index contributed by atoms with van der Waals surface area (Å²) < 4.78 is 0. The number of para-hydroxylation sites is 1. The second-order valence-electron chi connectivity index (χ2n) is 4.30. The Morgan fingerprint density at radius 3 is 2.58 bits per heavy atom. The van der Waals surface area contributed by atoms with E-state index in [2.05, 4.69) is 5.32 Å². The zero-order valence-corrected chi connectivity index (χ0v) is 11.2. The molecule has 0 saturated heterocycles. The van der Waals surface area contributed by atoms with Gasteiger partial charge in [0.15, 0.2) is 0 Å². The molecule has 0 aliphatic carbocycles. The van der Waals surface area contributed by atoms with Crippen LogP contribution < -0.4 is 5.32 Å². The lowest BCUT2D eigenvalue weighted by atomic mass is 10.1. The summed E-state index contributed by atoms with van der Waals surface area (Å²) >= 11 is 5.76. The lowest BCUT2D eigenvalue weighted by molar-refractivity contribution is 0.0948. The van der Waals surface area contributed by atoms with Crippen LogP contribution in [0.25, 0.3) is 0 Å². The molecule has 3 nitrogen and oxygen atoms in total. The van der Waals surface area contributed by atoms with E-state index < -0.39 is 0 Å². The summed E-state index contributed by atoms with van der Waals surface area (Å²) in [4.78, 5) is 11.9. The van der Waals surface area contributed by atoms with Crippen molar-refractivity contribution in [2.45, 2.75) is 13.5 Å². The van der Waals surface area contributed by atoms with Gasteiger partial charge in [0.2, 0.25) is 0 Å². The Morgan fingerprint density at radius 1 is 1.21 bits per heavy atom. The van der Waals surface area contributed by atoms with E-state index in [9.17, 15) is 9.90 Å². The maximum atomic E-state index is 11.9. The van der Waals surface area contributed by atoms with Gasteiger partial charge in [0.1, 0.15) is 5.75 Å². The first kappa shape index (κ1) is 13.4. The van der Waals surface area contributed by atoms with Crippen molar-refractivity contribution in [3.63, 3.8) is 0 Å². The maximum Gasteiger partial charge on any atom is 0.255 e. The fourth-order valence-electron chi connectivity index (χ4n) is 1.68. The van der Waals surface area contributed by atoms with Crippen LogP contribution in [0.15, 0.2) is 42.5 Å². The van der Waals surface area contributed by atoms with Crippen LogP contribution in [0.1, 0.15) is 21.5 Å². The van der Waals surface area contributed by atoms with Crippen molar-refractivity contribution in [3.05, 3.63) is 64.2 Å². The number of aromatic hydroxyl groups is 1. The van der Waals surface area contributed by atoms with E-state index >= 15 is 0 Å². The molecule has 0 fully saturated rings. The number of amides is 1. The molecule has 4 heteroatoms. The molecule has 2 aromatic carbocycles. The fourth-order valence-corrected chi connectivity index (χ4v) is 1.86. The van der Waals surface area contributed by atoms with Crippen LogP contribution in [-0.2, 0) is 6.54 Å². The average molecular weight is 276 g/mol. The first-order chi connectivity index (χ1) is 9.08. The van der Waals surface area contributed by atoms with Gasteiger partial charge < -0.3 is 10.4 Å². The second kappa shape index (κ2) is 5.76. The first-order valence-corrected chi connectivity index (χ1v) is 6.27. The monoisotopic (exact) mass is 275 g/mol. The second-order valence-corrected chi connectivity index (χ2v) is 4.71. The molecule has 19 heavy (non-hydrogen) atoms. The minimum atomic E-state index is -0.347. The lowest BCUT2D eigenvalue weighted by Crippen LogP contribution is -2.22. The van der Waals surface area contributed by atoms with Crippen LogP contribution in [-0.4, -0.2) is 11.0 Å².